The zero-order chi connectivity index (χ0) is 18.2. The number of rotatable bonds is 7. The smallest absolute Gasteiger partial charge is 0.260 e. The highest BCUT2D eigenvalue weighted by Gasteiger charge is 2.15. The number of carbonyl (C=O) groups is 1. The molecule has 2 N–H and O–H groups in total. The van der Waals surface area contributed by atoms with E-state index in [-0.39, 0.29) is 18.3 Å². The summed E-state index contributed by atoms with van der Waals surface area (Å²) in [6, 6.07) is 18.0. The summed E-state index contributed by atoms with van der Waals surface area (Å²) >= 11 is 0. The van der Waals surface area contributed by atoms with Gasteiger partial charge in [-0.2, -0.15) is 0 Å². The van der Waals surface area contributed by atoms with E-state index in [1.54, 1.807) is 6.92 Å². The van der Waals surface area contributed by atoms with Crippen molar-refractivity contribution >= 4 is 18.3 Å². The highest BCUT2D eigenvalue weighted by molar-refractivity contribution is 5.85. The fraction of sp³-hybridized carbons (Fsp3) is 0.381. The van der Waals surface area contributed by atoms with Crippen molar-refractivity contribution in [2.75, 3.05) is 39.3 Å². The van der Waals surface area contributed by atoms with Crippen molar-refractivity contribution in [1.29, 1.82) is 0 Å². The van der Waals surface area contributed by atoms with Crippen LogP contribution in [0.3, 0.4) is 0 Å². The van der Waals surface area contributed by atoms with E-state index in [9.17, 15) is 4.79 Å². The average Bonchev–Trinajstić information content (AvgIpc) is 2.70. The Labute approximate surface area is 167 Å². The molecular formula is C21H28ClN3O2. The summed E-state index contributed by atoms with van der Waals surface area (Å²) in [5.41, 5.74) is 2.30. The summed E-state index contributed by atoms with van der Waals surface area (Å²) in [6.07, 6.45) is -0.513. The Hall–Kier alpha value is -2.08. The summed E-state index contributed by atoms with van der Waals surface area (Å²) in [4.78, 5) is 14.6. The van der Waals surface area contributed by atoms with Crippen molar-refractivity contribution in [2.45, 2.75) is 13.0 Å². The standard InChI is InChI=1S/C21H27N3O2.ClH/c1-17(21(25)23-13-16-24-14-11-22-12-15-24)26-20-9-7-19(8-10-20)18-5-3-2-4-6-18;/h2-10,17,22H,11-16H2,1H3,(H,23,25);1H. The first-order valence-corrected chi connectivity index (χ1v) is 9.25. The second kappa shape index (κ2) is 10.9. The minimum Gasteiger partial charge on any atom is -0.481 e. The molecule has 6 heteroatoms. The Kier molecular flexibility index (Phi) is 8.58. The monoisotopic (exact) mass is 389 g/mol. The molecule has 1 amide bonds. The molecule has 1 saturated heterocycles. The number of piperazine rings is 1. The van der Waals surface area contributed by atoms with Crippen molar-refractivity contribution in [2.24, 2.45) is 0 Å². The zero-order valence-electron chi connectivity index (χ0n) is 15.7. The fourth-order valence-corrected chi connectivity index (χ4v) is 3.03. The van der Waals surface area contributed by atoms with Gasteiger partial charge in [0.05, 0.1) is 0 Å². The molecule has 2 aromatic carbocycles. The normalized spacial score (nSPS) is 15.4. The van der Waals surface area contributed by atoms with Gasteiger partial charge in [-0.25, -0.2) is 0 Å². The fourth-order valence-electron chi connectivity index (χ4n) is 3.03. The Morgan fingerprint density at radius 2 is 1.70 bits per heavy atom. The Morgan fingerprint density at radius 1 is 1.07 bits per heavy atom. The number of halogens is 1. The number of hydrogen-bond donors (Lipinski definition) is 2. The van der Waals surface area contributed by atoms with Crippen LogP contribution in [0.4, 0.5) is 0 Å². The highest BCUT2D eigenvalue weighted by atomic mass is 35.5. The molecule has 5 nitrogen and oxygen atoms in total. The maximum atomic E-state index is 12.2. The molecule has 0 bridgehead atoms. The van der Waals surface area contributed by atoms with Crippen LogP contribution in [-0.4, -0.2) is 56.2 Å². The summed E-state index contributed by atoms with van der Waals surface area (Å²) in [5.74, 6) is 0.627. The zero-order valence-corrected chi connectivity index (χ0v) is 16.5. The molecule has 3 rings (SSSR count). The molecule has 1 aliphatic heterocycles. The van der Waals surface area contributed by atoms with Crippen LogP contribution in [-0.2, 0) is 4.79 Å². The second-order valence-corrected chi connectivity index (χ2v) is 6.53. The van der Waals surface area contributed by atoms with E-state index in [1.807, 2.05) is 42.5 Å². The first kappa shape index (κ1) is 21.2. The Balaban J connectivity index is 0.00000261. The van der Waals surface area contributed by atoms with E-state index in [1.165, 1.54) is 0 Å². The third-order valence-corrected chi connectivity index (χ3v) is 4.58. The molecule has 0 spiro atoms. The van der Waals surface area contributed by atoms with E-state index >= 15 is 0 Å². The Morgan fingerprint density at radius 3 is 2.37 bits per heavy atom. The summed E-state index contributed by atoms with van der Waals surface area (Å²) < 4.78 is 5.77. The first-order chi connectivity index (χ1) is 12.7. The SMILES string of the molecule is CC(Oc1ccc(-c2ccccc2)cc1)C(=O)NCCN1CCNCC1.Cl. The molecule has 0 aliphatic carbocycles. The summed E-state index contributed by atoms with van der Waals surface area (Å²) in [6.45, 7) is 7.43. The third kappa shape index (κ3) is 6.54. The quantitative estimate of drug-likeness (QED) is 0.764. The summed E-state index contributed by atoms with van der Waals surface area (Å²) in [7, 11) is 0. The van der Waals surface area contributed by atoms with Crippen LogP contribution in [0.2, 0.25) is 0 Å². The van der Waals surface area contributed by atoms with E-state index in [4.69, 9.17) is 4.74 Å². The van der Waals surface area contributed by atoms with Crippen LogP contribution in [0.5, 0.6) is 5.75 Å². The van der Waals surface area contributed by atoms with Crippen molar-refractivity contribution < 1.29 is 9.53 Å². The first-order valence-electron chi connectivity index (χ1n) is 9.25. The van der Waals surface area contributed by atoms with Crippen LogP contribution < -0.4 is 15.4 Å². The number of amides is 1. The van der Waals surface area contributed by atoms with Gasteiger partial charge in [-0.05, 0) is 30.2 Å². The van der Waals surface area contributed by atoms with Crippen LogP contribution in [0.1, 0.15) is 6.92 Å². The minimum absolute atomic E-state index is 0. The second-order valence-electron chi connectivity index (χ2n) is 6.53. The van der Waals surface area contributed by atoms with Gasteiger partial charge in [0.15, 0.2) is 6.10 Å². The lowest BCUT2D eigenvalue weighted by Crippen LogP contribution is -2.47. The molecule has 1 atom stereocenters. The summed E-state index contributed by atoms with van der Waals surface area (Å²) in [5, 5.41) is 6.29. The van der Waals surface area contributed by atoms with Gasteiger partial charge in [0.25, 0.3) is 5.91 Å². The minimum atomic E-state index is -0.513. The number of benzene rings is 2. The molecule has 27 heavy (non-hydrogen) atoms. The van der Waals surface area contributed by atoms with Crippen LogP contribution in [0.15, 0.2) is 54.6 Å². The van der Waals surface area contributed by atoms with Gasteiger partial charge < -0.3 is 15.4 Å². The topological polar surface area (TPSA) is 53.6 Å². The van der Waals surface area contributed by atoms with E-state index in [2.05, 4.69) is 27.7 Å². The molecule has 1 heterocycles. The van der Waals surface area contributed by atoms with Gasteiger partial charge in [-0.1, -0.05) is 42.5 Å². The predicted molar refractivity (Wildman–Crippen MR) is 112 cm³/mol. The molecule has 1 fully saturated rings. The van der Waals surface area contributed by atoms with Gasteiger partial charge >= 0.3 is 0 Å². The number of nitrogens with zero attached hydrogens (tertiary/aromatic N) is 1. The third-order valence-electron chi connectivity index (χ3n) is 4.58. The van der Waals surface area contributed by atoms with E-state index < -0.39 is 6.10 Å². The number of nitrogens with one attached hydrogen (secondary N) is 2. The predicted octanol–water partition coefficient (Wildman–Crippen LogP) is 2.56. The molecule has 2 aromatic rings. The van der Waals surface area contributed by atoms with Gasteiger partial charge in [-0.15, -0.1) is 12.4 Å². The van der Waals surface area contributed by atoms with Crippen molar-refractivity contribution in [3.05, 3.63) is 54.6 Å². The van der Waals surface area contributed by atoms with E-state index in [0.717, 1.165) is 43.9 Å². The lowest BCUT2D eigenvalue weighted by atomic mass is 10.1. The number of hydrogen-bond acceptors (Lipinski definition) is 4. The maximum absolute atomic E-state index is 12.2. The Bertz CT molecular complexity index is 688. The molecule has 0 saturated carbocycles. The van der Waals surface area contributed by atoms with Gasteiger partial charge in [0, 0.05) is 39.3 Å². The molecule has 0 radical (unpaired) electrons. The number of ether oxygens (including phenoxy) is 1. The van der Waals surface area contributed by atoms with Crippen LogP contribution in [0.25, 0.3) is 11.1 Å². The van der Waals surface area contributed by atoms with Gasteiger partial charge in [-0.3, -0.25) is 9.69 Å². The highest BCUT2D eigenvalue weighted by Crippen LogP contribution is 2.22. The average molecular weight is 390 g/mol. The van der Waals surface area contributed by atoms with Crippen LogP contribution in [0, 0.1) is 0 Å². The maximum Gasteiger partial charge on any atom is 0.260 e. The molecule has 146 valence electrons. The molecule has 0 aromatic heterocycles. The van der Waals surface area contributed by atoms with Crippen molar-refractivity contribution in [3.8, 4) is 16.9 Å². The molecule has 1 unspecified atom stereocenters. The van der Waals surface area contributed by atoms with Gasteiger partial charge in [0.2, 0.25) is 0 Å². The number of carbonyl (C=O) groups excluding carboxylic acids is 1. The molecular weight excluding hydrogens is 362 g/mol. The lowest BCUT2D eigenvalue weighted by molar-refractivity contribution is -0.127. The van der Waals surface area contributed by atoms with Crippen molar-refractivity contribution in [3.63, 3.8) is 0 Å². The lowest BCUT2D eigenvalue weighted by Gasteiger charge is -2.27. The largest absolute Gasteiger partial charge is 0.481 e. The van der Waals surface area contributed by atoms with Gasteiger partial charge in [0.1, 0.15) is 5.75 Å². The van der Waals surface area contributed by atoms with Crippen LogP contribution >= 0.6 is 12.4 Å². The van der Waals surface area contributed by atoms with E-state index in [0.29, 0.717) is 12.3 Å². The van der Waals surface area contributed by atoms with Crippen molar-refractivity contribution in [1.82, 2.24) is 15.5 Å². The molecule has 1 aliphatic rings.